The van der Waals surface area contributed by atoms with Gasteiger partial charge in [-0.3, -0.25) is 0 Å². The summed E-state index contributed by atoms with van der Waals surface area (Å²) in [6.07, 6.45) is 0. The predicted octanol–water partition coefficient (Wildman–Crippen LogP) is 0.491. The van der Waals surface area contributed by atoms with Gasteiger partial charge in [-0.25, -0.2) is 14.6 Å². The monoisotopic (exact) mass is 236 g/mol. The molecule has 0 radical (unpaired) electrons. The molecule has 7 nitrogen and oxygen atoms in total. The van der Waals surface area contributed by atoms with Crippen LogP contribution in [0.1, 0.15) is 21.0 Å². The van der Waals surface area contributed by atoms with E-state index >= 15 is 0 Å². The largest absolute Gasteiger partial charge is 0.478 e. The normalized spacial score (nSPS) is 10.4. The fraction of sp³-hybridized carbons (Fsp3) is 0.100. The van der Waals surface area contributed by atoms with Crippen LogP contribution < -0.4 is 4.84 Å². The van der Waals surface area contributed by atoms with Crippen molar-refractivity contribution in [1.82, 2.24) is 9.71 Å². The summed E-state index contributed by atoms with van der Waals surface area (Å²) in [6, 6.07) is 4.09. The first-order chi connectivity index (χ1) is 8.04. The maximum absolute atomic E-state index is 10.9. The van der Waals surface area contributed by atoms with Crippen molar-refractivity contribution in [1.29, 1.82) is 0 Å². The lowest BCUT2D eigenvalue weighted by Gasteiger charge is -2.03. The highest BCUT2D eigenvalue weighted by molar-refractivity contribution is 5.94. The van der Waals surface area contributed by atoms with Gasteiger partial charge in [-0.05, 0) is 18.2 Å². The van der Waals surface area contributed by atoms with Crippen molar-refractivity contribution in [3.8, 4) is 0 Å². The van der Waals surface area contributed by atoms with Crippen molar-refractivity contribution in [2.75, 3.05) is 7.11 Å². The van der Waals surface area contributed by atoms with Crippen molar-refractivity contribution >= 4 is 23.0 Å². The molecule has 2 N–H and O–H groups in total. The number of aromatic carboxylic acids is 2. The molecule has 1 aromatic heterocycles. The van der Waals surface area contributed by atoms with Gasteiger partial charge in [0.2, 0.25) is 0 Å². The molecular weight excluding hydrogens is 228 g/mol. The van der Waals surface area contributed by atoms with Gasteiger partial charge in [0.25, 0.3) is 5.82 Å². The van der Waals surface area contributed by atoms with Gasteiger partial charge in [0.1, 0.15) is 12.6 Å². The van der Waals surface area contributed by atoms with E-state index in [9.17, 15) is 9.59 Å². The molecule has 88 valence electrons. The van der Waals surface area contributed by atoms with E-state index in [0.29, 0.717) is 11.0 Å². The van der Waals surface area contributed by atoms with Gasteiger partial charge >= 0.3 is 11.9 Å². The van der Waals surface area contributed by atoms with E-state index in [1.54, 1.807) is 0 Å². The van der Waals surface area contributed by atoms with Crippen LogP contribution >= 0.6 is 0 Å². The summed E-state index contributed by atoms with van der Waals surface area (Å²) in [7, 11) is 1.28. The minimum absolute atomic E-state index is 0.0349. The third-order valence-corrected chi connectivity index (χ3v) is 2.23. The summed E-state index contributed by atoms with van der Waals surface area (Å²) in [6.45, 7) is 0. The number of hydrogen-bond donors (Lipinski definition) is 2. The quantitative estimate of drug-likeness (QED) is 0.804. The Hall–Kier alpha value is -2.57. The first-order valence-electron chi connectivity index (χ1n) is 4.58. The lowest BCUT2D eigenvalue weighted by molar-refractivity contribution is 0.0634. The molecule has 2 rings (SSSR count). The van der Waals surface area contributed by atoms with Crippen LogP contribution in [0, 0.1) is 0 Å². The molecule has 0 unspecified atom stereocenters. The van der Waals surface area contributed by atoms with E-state index in [-0.39, 0.29) is 11.4 Å². The summed E-state index contributed by atoms with van der Waals surface area (Å²) in [4.78, 5) is 30.4. The van der Waals surface area contributed by atoms with Gasteiger partial charge in [0.15, 0.2) is 0 Å². The van der Waals surface area contributed by atoms with Crippen molar-refractivity contribution in [2.45, 2.75) is 0 Å². The number of fused-ring (bicyclic) bond motifs is 1. The molecule has 0 amide bonds. The lowest BCUT2D eigenvalue weighted by atomic mass is 10.2. The third-order valence-electron chi connectivity index (χ3n) is 2.23. The zero-order valence-electron chi connectivity index (χ0n) is 8.75. The molecule has 0 atom stereocenters. The zero-order valence-corrected chi connectivity index (χ0v) is 8.75. The van der Waals surface area contributed by atoms with Crippen LogP contribution in [0.25, 0.3) is 11.0 Å². The summed E-state index contributed by atoms with van der Waals surface area (Å²) < 4.78 is 0.976. The van der Waals surface area contributed by atoms with Crippen molar-refractivity contribution in [3.05, 3.63) is 29.6 Å². The Morgan fingerprint density at radius 3 is 2.53 bits per heavy atom. The zero-order chi connectivity index (χ0) is 12.6. The highest BCUT2D eigenvalue weighted by atomic mass is 16.6. The maximum Gasteiger partial charge on any atom is 0.375 e. The van der Waals surface area contributed by atoms with E-state index in [0.717, 1.165) is 4.73 Å². The maximum atomic E-state index is 10.9. The number of benzene rings is 1. The number of aromatic nitrogens is 2. The molecule has 1 heterocycles. The van der Waals surface area contributed by atoms with Gasteiger partial charge < -0.3 is 15.1 Å². The van der Waals surface area contributed by atoms with Crippen molar-refractivity contribution < 1.29 is 24.6 Å². The highest BCUT2D eigenvalue weighted by Crippen LogP contribution is 2.17. The molecule has 0 saturated carbocycles. The molecule has 17 heavy (non-hydrogen) atoms. The number of nitrogens with zero attached hydrogens (tertiary/aromatic N) is 2. The summed E-state index contributed by atoms with van der Waals surface area (Å²) >= 11 is 0. The average molecular weight is 236 g/mol. The number of hydrogen-bond acceptors (Lipinski definition) is 4. The molecule has 1 aromatic carbocycles. The SMILES string of the molecule is COn1c(C(=O)O)nc2ccc(C(=O)O)cc21. The molecule has 2 aromatic rings. The van der Waals surface area contributed by atoms with Gasteiger partial charge in [-0.1, -0.05) is 0 Å². The van der Waals surface area contributed by atoms with E-state index in [1.165, 1.54) is 25.3 Å². The summed E-state index contributed by atoms with van der Waals surface area (Å²) in [5.41, 5.74) is 0.687. The van der Waals surface area contributed by atoms with Gasteiger partial charge in [-0.15, -0.1) is 0 Å². The average Bonchev–Trinajstić information content (AvgIpc) is 2.66. The molecule has 0 bridgehead atoms. The first-order valence-corrected chi connectivity index (χ1v) is 4.58. The standard InChI is InChI=1S/C10H8N2O5/c1-17-12-7-4-5(9(13)14)2-3-6(7)11-8(12)10(15)16/h2-4H,1H3,(H,13,14)(H,15,16). The van der Waals surface area contributed by atoms with Crippen LogP contribution in [0.5, 0.6) is 0 Å². The van der Waals surface area contributed by atoms with Crippen LogP contribution in [0.3, 0.4) is 0 Å². The van der Waals surface area contributed by atoms with Crippen LogP contribution in [-0.4, -0.2) is 39.0 Å². The number of carboxylic acids is 2. The lowest BCUT2D eigenvalue weighted by Crippen LogP contribution is -2.14. The minimum atomic E-state index is -1.25. The minimum Gasteiger partial charge on any atom is -0.478 e. The Balaban J connectivity index is 2.75. The van der Waals surface area contributed by atoms with Gasteiger partial charge in [0, 0.05) is 0 Å². The van der Waals surface area contributed by atoms with E-state index < -0.39 is 11.9 Å². The van der Waals surface area contributed by atoms with Crippen LogP contribution in [-0.2, 0) is 0 Å². The van der Waals surface area contributed by atoms with E-state index in [4.69, 9.17) is 15.1 Å². The Morgan fingerprint density at radius 1 is 1.29 bits per heavy atom. The van der Waals surface area contributed by atoms with Crippen molar-refractivity contribution in [2.24, 2.45) is 0 Å². The fourth-order valence-corrected chi connectivity index (χ4v) is 1.51. The fourth-order valence-electron chi connectivity index (χ4n) is 1.51. The molecule has 0 aliphatic rings. The molecule has 0 aliphatic heterocycles. The van der Waals surface area contributed by atoms with Crippen LogP contribution in [0.15, 0.2) is 18.2 Å². The number of imidazole rings is 1. The second-order valence-corrected chi connectivity index (χ2v) is 3.23. The van der Waals surface area contributed by atoms with E-state index in [1.807, 2.05) is 0 Å². The predicted molar refractivity (Wildman–Crippen MR) is 56.2 cm³/mol. The summed E-state index contributed by atoms with van der Waals surface area (Å²) in [5.74, 6) is -2.66. The molecule has 0 saturated heterocycles. The number of carbonyl (C=O) groups is 2. The van der Waals surface area contributed by atoms with Crippen LogP contribution in [0.4, 0.5) is 0 Å². The Morgan fingerprint density at radius 2 is 2.00 bits per heavy atom. The Labute approximate surface area is 94.8 Å². The van der Waals surface area contributed by atoms with Crippen molar-refractivity contribution in [3.63, 3.8) is 0 Å². The highest BCUT2D eigenvalue weighted by Gasteiger charge is 2.18. The van der Waals surface area contributed by atoms with E-state index in [2.05, 4.69) is 4.98 Å². The molecule has 0 fully saturated rings. The molecular formula is C10H8N2O5. The summed E-state index contributed by atoms with van der Waals surface area (Å²) in [5, 5.41) is 17.7. The van der Waals surface area contributed by atoms with Gasteiger partial charge in [-0.2, -0.15) is 4.73 Å². The molecule has 7 heteroatoms. The Kier molecular flexibility index (Phi) is 2.43. The second-order valence-electron chi connectivity index (χ2n) is 3.23. The molecule has 0 spiro atoms. The van der Waals surface area contributed by atoms with Crippen LogP contribution in [0.2, 0.25) is 0 Å². The smallest absolute Gasteiger partial charge is 0.375 e. The topological polar surface area (TPSA) is 102 Å². The molecule has 0 aliphatic carbocycles. The second kappa shape index (κ2) is 3.78. The number of carboxylic acid groups (broad SMARTS) is 2. The third kappa shape index (κ3) is 1.67. The Bertz CT molecular complexity index is 616. The number of rotatable bonds is 3. The van der Waals surface area contributed by atoms with Gasteiger partial charge in [0.05, 0.1) is 11.1 Å². The first kappa shape index (κ1) is 10.9.